The van der Waals surface area contributed by atoms with Crippen LogP contribution in [0.5, 0.6) is 0 Å². The van der Waals surface area contributed by atoms with Gasteiger partial charge in [0.05, 0.1) is 11.4 Å². The van der Waals surface area contributed by atoms with Gasteiger partial charge in [-0.3, -0.25) is 0 Å². The average molecular weight is 308 g/mol. The van der Waals surface area contributed by atoms with E-state index in [2.05, 4.69) is 58.4 Å². The van der Waals surface area contributed by atoms with Crippen LogP contribution in [0.4, 0.5) is 0 Å². The van der Waals surface area contributed by atoms with Crippen LogP contribution in [0.3, 0.4) is 0 Å². The monoisotopic (exact) mass is 307 g/mol. The second-order valence-corrected chi connectivity index (χ2v) is 5.13. The Morgan fingerprint density at radius 3 is 2.94 bits per heavy atom. The van der Waals surface area contributed by atoms with Crippen molar-refractivity contribution >= 4 is 15.9 Å². The lowest BCUT2D eigenvalue weighted by molar-refractivity contribution is 0.656. The van der Waals surface area contributed by atoms with Crippen molar-refractivity contribution in [1.82, 2.24) is 15.1 Å². The van der Waals surface area contributed by atoms with Crippen LogP contribution in [-0.4, -0.2) is 16.3 Å². The van der Waals surface area contributed by atoms with Gasteiger partial charge in [-0.2, -0.15) is 5.10 Å². The fourth-order valence-electron chi connectivity index (χ4n) is 1.79. The molecule has 0 saturated carbocycles. The van der Waals surface area contributed by atoms with Crippen molar-refractivity contribution in [1.29, 1.82) is 0 Å². The van der Waals surface area contributed by atoms with Crippen molar-refractivity contribution in [2.75, 3.05) is 6.54 Å². The molecule has 0 fully saturated rings. The van der Waals surface area contributed by atoms with E-state index in [1.165, 1.54) is 5.56 Å². The maximum atomic E-state index is 4.58. The molecule has 0 aliphatic heterocycles. The van der Waals surface area contributed by atoms with E-state index in [1.807, 2.05) is 16.9 Å². The zero-order valence-corrected chi connectivity index (χ0v) is 12.4. The first-order valence-corrected chi connectivity index (χ1v) is 7.02. The van der Waals surface area contributed by atoms with E-state index in [1.54, 1.807) is 0 Å². The third kappa shape index (κ3) is 3.00. The van der Waals surface area contributed by atoms with Crippen LogP contribution in [-0.2, 0) is 6.54 Å². The first-order chi connectivity index (χ1) is 8.72. The molecule has 0 saturated heterocycles. The summed E-state index contributed by atoms with van der Waals surface area (Å²) >= 11 is 3.61. The maximum Gasteiger partial charge on any atom is 0.0790 e. The highest BCUT2D eigenvalue weighted by Gasteiger charge is 2.06. The highest BCUT2D eigenvalue weighted by Crippen LogP contribution is 2.24. The van der Waals surface area contributed by atoms with Gasteiger partial charge in [0.15, 0.2) is 0 Å². The number of rotatable bonds is 5. The van der Waals surface area contributed by atoms with E-state index in [9.17, 15) is 0 Å². The van der Waals surface area contributed by atoms with Gasteiger partial charge in [-0.15, -0.1) is 0 Å². The molecule has 1 aromatic heterocycles. The molecule has 0 aliphatic rings. The topological polar surface area (TPSA) is 29.9 Å². The predicted octanol–water partition coefficient (Wildman–Crippen LogP) is 3.44. The van der Waals surface area contributed by atoms with Crippen LogP contribution in [0.15, 0.2) is 34.9 Å². The molecule has 0 aliphatic carbocycles. The summed E-state index contributed by atoms with van der Waals surface area (Å²) in [6, 6.07) is 8.25. The van der Waals surface area contributed by atoms with E-state index in [0.717, 1.165) is 35.4 Å². The van der Waals surface area contributed by atoms with Crippen molar-refractivity contribution in [3.63, 3.8) is 0 Å². The maximum absolute atomic E-state index is 4.58. The Bertz CT molecular complexity index is 520. The molecular weight excluding hydrogens is 290 g/mol. The third-order valence-corrected chi connectivity index (χ3v) is 3.83. The van der Waals surface area contributed by atoms with Gasteiger partial charge in [0.25, 0.3) is 0 Å². The van der Waals surface area contributed by atoms with Crippen LogP contribution >= 0.6 is 15.9 Å². The molecule has 1 aromatic carbocycles. The molecule has 2 rings (SSSR count). The van der Waals surface area contributed by atoms with Gasteiger partial charge < -0.3 is 5.32 Å². The van der Waals surface area contributed by atoms with Gasteiger partial charge in [-0.05, 0) is 53.5 Å². The molecule has 0 spiro atoms. The summed E-state index contributed by atoms with van der Waals surface area (Å²) in [6.45, 7) is 6.10. The summed E-state index contributed by atoms with van der Waals surface area (Å²) in [5.41, 5.74) is 3.36. The van der Waals surface area contributed by atoms with Crippen molar-refractivity contribution in [2.24, 2.45) is 0 Å². The average Bonchev–Trinajstić information content (AvgIpc) is 2.82. The summed E-state index contributed by atoms with van der Waals surface area (Å²) in [5, 5.41) is 7.93. The molecule has 0 radical (unpaired) electrons. The van der Waals surface area contributed by atoms with Crippen molar-refractivity contribution in [3.8, 4) is 5.69 Å². The first kappa shape index (κ1) is 13.3. The van der Waals surface area contributed by atoms with E-state index in [0.29, 0.717) is 0 Å². The number of hydrogen-bond donors (Lipinski definition) is 1. The van der Waals surface area contributed by atoms with Crippen LogP contribution < -0.4 is 5.32 Å². The van der Waals surface area contributed by atoms with Crippen molar-refractivity contribution < 1.29 is 0 Å². The molecule has 0 amide bonds. The summed E-state index contributed by atoms with van der Waals surface area (Å²) < 4.78 is 3.02. The number of halogens is 1. The van der Waals surface area contributed by atoms with E-state index in [4.69, 9.17) is 0 Å². The van der Waals surface area contributed by atoms with E-state index >= 15 is 0 Å². The molecule has 1 heterocycles. The lowest BCUT2D eigenvalue weighted by atomic mass is 10.2. The summed E-state index contributed by atoms with van der Waals surface area (Å²) in [7, 11) is 0. The van der Waals surface area contributed by atoms with Gasteiger partial charge in [0, 0.05) is 17.2 Å². The van der Waals surface area contributed by atoms with Gasteiger partial charge in [-0.25, -0.2) is 4.68 Å². The number of nitrogens with one attached hydrogen (secondary N) is 1. The summed E-state index contributed by atoms with van der Waals surface area (Å²) in [5.74, 6) is 0. The molecule has 0 bridgehead atoms. The Labute approximate surface area is 116 Å². The zero-order chi connectivity index (χ0) is 13.0. The second kappa shape index (κ2) is 6.16. The summed E-state index contributed by atoms with van der Waals surface area (Å²) in [6.07, 6.45) is 3.15. The van der Waals surface area contributed by atoms with Crippen molar-refractivity contribution in [2.45, 2.75) is 26.8 Å². The lowest BCUT2D eigenvalue weighted by Gasteiger charge is -2.06. The highest BCUT2D eigenvalue weighted by atomic mass is 79.9. The molecule has 0 atom stereocenters. The van der Waals surface area contributed by atoms with Crippen molar-refractivity contribution in [3.05, 3.63) is 46.2 Å². The molecule has 0 unspecified atom stereocenters. The minimum absolute atomic E-state index is 0.824. The third-order valence-electron chi connectivity index (χ3n) is 2.80. The molecule has 18 heavy (non-hydrogen) atoms. The van der Waals surface area contributed by atoms with E-state index in [-0.39, 0.29) is 0 Å². The van der Waals surface area contributed by atoms with Gasteiger partial charge in [-0.1, -0.05) is 19.1 Å². The normalized spacial score (nSPS) is 10.8. The molecule has 96 valence electrons. The van der Waals surface area contributed by atoms with Gasteiger partial charge in [0.1, 0.15) is 0 Å². The molecule has 1 N–H and O–H groups in total. The fraction of sp³-hybridized carbons (Fsp3) is 0.357. The Hall–Kier alpha value is -1.13. The molecule has 2 aromatic rings. The Kier molecular flexibility index (Phi) is 4.55. The van der Waals surface area contributed by atoms with Gasteiger partial charge in [0.2, 0.25) is 0 Å². The SMILES string of the molecule is CCCNCc1ccn(-c2cccc(C)c2Br)n1. The quantitative estimate of drug-likeness (QED) is 0.858. The summed E-state index contributed by atoms with van der Waals surface area (Å²) in [4.78, 5) is 0. The van der Waals surface area contributed by atoms with Gasteiger partial charge >= 0.3 is 0 Å². The van der Waals surface area contributed by atoms with Crippen LogP contribution in [0.1, 0.15) is 24.6 Å². The fourth-order valence-corrected chi connectivity index (χ4v) is 2.24. The van der Waals surface area contributed by atoms with Crippen LogP contribution in [0.25, 0.3) is 5.69 Å². The predicted molar refractivity (Wildman–Crippen MR) is 78.0 cm³/mol. The number of aromatic nitrogens is 2. The zero-order valence-electron chi connectivity index (χ0n) is 10.8. The minimum Gasteiger partial charge on any atom is -0.311 e. The highest BCUT2D eigenvalue weighted by molar-refractivity contribution is 9.10. The van der Waals surface area contributed by atoms with E-state index < -0.39 is 0 Å². The first-order valence-electron chi connectivity index (χ1n) is 6.23. The number of nitrogens with zero attached hydrogens (tertiary/aromatic N) is 2. The van der Waals surface area contributed by atoms with Crippen LogP contribution in [0, 0.1) is 6.92 Å². The largest absolute Gasteiger partial charge is 0.311 e. The number of aryl methyl sites for hydroxylation is 1. The molecular formula is C14H18BrN3. The standard InChI is InChI=1S/C14H18BrN3/c1-3-8-16-10-12-7-9-18(17-12)13-6-4-5-11(2)14(13)15/h4-7,9,16H,3,8,10H2,1-2H3. The molecule has 4 heteroatoms. The second-order valence-electron chi connectivity index (χ2n) is 4.34. The Morgan fingerprint density at radius 2 is 2.17 bits per heavy atom. The number of hydrogen-bond acceptors (Lipinski definition) is 2. The smallest absolute Gasteiger partial charge is 0.0790 e. The van der Waals surface area contributed by atoms with Crippen LogP contribution in [0.2, 0.25) is 0 Å². The number of benzene rings is 1. The minimum atomic E-state index is 0.824. The Balaban J connectivity index is 2.16. The lowest BCUT2D eigenvalue weighted by Crippen LogP contribution is -2.14. The Morgan fingerprint density at radius 1 is 1.33 bits per heavy atom. The molecule has 3 nitrogen and oxygen atoms in total.